The van der Waals surface area contributed by atoms with Gasteiger partial charge in [0.25, 0.3) is 0 Å². The Balaban J connectivity index is 2.01. The number of nitriles is 1. The number of carbonyl (C=O) groups excluding carboxylic acids is 1. The van der Waals surface area contributed by atoms with E-state index in [0.717, 1.165) is 32.4 Å². The van der Waals surface area contributed by atoms with Crippen LogP contribution >= 0.6 is 0 Å². The van der Waals surface area contributed by atoms with Crippen molar-refractivity contribution < 1.29 is 4.79 Å². The van der Waals surface area contributed by atoms with Crippen LogP contribution in [0.3, 0.4) is 0 Å². The topological polar surface area (TPSA) is 56.1 Å². The number of rotatable bonds is 5. The summed E-state index contributed by atoms with van der Waals surface area (Å²) in [5, 5.41) is 12.6. The van der Waals surface area contributed by atoms with E-state index in [9.17, 15) is 4.79 Å². The quantitative estimate of drug-likeness (QED) is 0.840. The monoisotopic (exact) mass is 277 g/mol. The molecular formula is C16H27N3O. The molecule has 4 heteroatoms. The van der Waals surface area contributed by atoms with E-state index in [1.54, 1.807) is 4.90 Å². The van der Waals surface area contributed by atoms with E-state index >= 15 is 0 Å². The van der Waals surface area contributed by atoms with E-state index < -0.39 is 0 Å². The maximum Gasteiger partial charge on any atom is 0.240 e. The van der Waals surface area contributed by atoms with Gasteiger partial charge in [-0.05, 0) is 37.5 Å². The zero-order chi connectivity index (χ0) is 14.6. The largest absolute Gasteiger partial charge is 0.325 e. The third-order valence-electron chi connectivity index (χ3n) is 4.90. The second-order valence-electron chi connectivity index (χ2n) is 6.46. The van der Waals surface area contributed by atoms with E-state index in [1.165, 1.54) is 25.7 Å². The van der Waals surface area contributed by atoms with Crippen molar-refractivity contribution in [3.63, 3.8) is 0 Å². The van der Waals surface area contributed by atoms with Crippen LogP contribution < -0.4 is 5.32 Å². The van der Waals surface area contributed by atoms with Crippen molar-refractivity contribution in [2.45, 2.75) is 70.9 Å². The molecular weight excluding hydrogens is 250 g/mol. The number of nitrogens with one attached hydrogen (secondary N) is 1. The molecule has 0 saturated carbocycles. The van der Waals surface area contributed by atoms with Gasteiger partial charge >= 0.3 is 0 Å². The van der Waals surface area contributed by atoms with E-state index in [-0.39, 0.29) is 18.0 Å². The lowest BCUT2D eigenvalue weighted by molar-refractivity contribution is -0.133. The standard InChI is InChI=1S/C16H27N3O/c1-3-7-16(8-4-2)10-14(18-12-16)15(20)19-9-5-6-13(19)11-17/h13-14,18H,3-10,12H2,1-2H3/t13-,14-/m0/s1. The van der Waals surface area contributed by atoms with Gasteiger partial charge in [0.2, 0.25) is 5.91 Å². The van der Waals surface area contributed by atoms with Crippen LogP contribution in [0.25, 0.3) is 0 Å². The van der Waals surface area contributed by atoms with Crippen molar-refractivity contribution in [3.8, 4) is 6.07 Å². The minimum atomic E-state index is -0.198. The fourth-order valence-corrected chi connectivity index (χ4v) is 4.02. The van der Waals surface area contributed by atoms with E-state index in [4.69, 9.17) is 5.26 Å². The van der Waals surface area contributed by atoms with Gasteiger partial charge in [-0.15, -0.1) is 0 Å². The Morgan fingerprint density at radius 1 is 1.40 bits per heavy atom. The van der Waals surface area contributed by atoms with Gasteiger partial charge in [-0.3, -0.25) is 4.79 Å². The molecule has 2 rings (SSSR count). The highest BCUT2D eigenvalue weighted by Gasteiger charge is 2.43. The highest BCUT2D eigenvalue weighted by atomic mass is 16.2. The Bertz CT molecular complexity index is 382. The minimum absolute atomic E-state index is 0.0675. The second kappa shape index (κ2) is 6.58. The summed E-state index contributed by atoms with van der Waals surface area (Å²) in [5.74, 6) is 0.156. The summed E-state index contributed by atoms with van der Waals surface area (Å²) in [5.41, 5.74) is 0.297. The van der Waals surface area contributed by atoms with Crippen LogP contribution in [-0.4, -0.2) is 36.0 Å². The number of likely N-dealkylation sites (tertiary alicyclic amines) is 1. The Hall–Kier alpha value is -1.08. The Kier molecular flexibility index (Phi) is 5.04. The zero-order valence-corrected chi connectivity index (χ0v) is 12.8. The average molecular weight is 277 g/mol. The van der Waals surface area contributed by atoms with Crippen LogP contribution in [-0.2, 0) is 4.79 Å². The Morgan fingerprint density at radius 3 is 2.70 bits per heavy atom. The number of hydrogen-bond acceptors (Lipinski definition) is 3. The molecule has 2 atom stereocenters. The number of nitrogens with zero attached hydrogens (tertiary/aromatic N) is 2. The van der Waals surface area contributed by atoms with Gasteiger partial charge in [-0.25, -0.2) is 0 Å². The van der Waals surface area contributed by atoms with Crippen LogP contribution in [0.2, 0.25) is 0 Å². The summed E-state index contributed by atoms with van der Waals surface area (Å²) >= 11 is 0. The van der Waals surface area contributed by atoms with Gasteiger partial charge in [0.05, 0.1) is 12.1 Å². The SMILES string of the molecule is CCCC1(CCC)CN[C@H](C(=O)N2CCC[C@H]2C#N)C1. The summed E-state index contributed by atoms with van der Waals surface area (Å²) in [7, 11) is 0. The van der Waals surface area contributed by atoms with Crippen molar-refractivity contribution in [1.29, 1.82) is 5.26 Å². The molecule has 4 nitrogen and oxygen atoms in total. The van der Waals surface area contributed by atoms with Crippen LogP contribution in [0, 0.1) is 16.7 Å². The van der Waals surface area contributed by atoms with E-state index in [2.05, 4.69) is 25.2 Å². The molecule has 2 saturated heterocycles. The molecule has 112 valence electrons. The van der Waals surface area contributed by atoms with Crippen molar-refractivity contribution >= 4 is 5.91 Å². The molecule has 1 N–H and O–H groups in total. The molecule has 0 aromatic heterocycles. The zero-order valence-electron chi connectivity index (χ0n) is 12.8. The predicted molar refractivity (Wildman–Crippen MR) is 79.0 cm³/mol. The highest BCUT2D eigenvalue weighted by molar-refractivity contribution is 5.83. The third-order valence-corrected chi connectivity index (χ3v) is 4.90. The predicted octanol–water partition coefficient (Wildman–Crippen LogP) is 2.45. The molecule has 0 aromatic rings. The number of amides is 1. The van der Waals surface area contributed by atoms with Crippen LogP contribution in [0.15, 0.2) is 0 Å². The lowest BCUT2D eigenvalue weighted by Crippen LogP contribution is -2.45. The molecule has 0 bridgehead atoms. The molecule has 2 fully saturated rings. The fraction of sp³-hybridized carbons (Fsp3) is 0.875. The summed E-state index contributed by atoms with van der Waals surface area (Å²) in [6, 6.07) is 2.00. The fourth-order valence-electron chi connectivity index (χ4n) is 4.02. The molecule has 2 aliphatic heterocycles. The molecule has 0 spiro atoms. The van der Waals surface area contributed by atoms with Crippen LogP contribution in [0.5, 0.6) is 0 Å². The summed E-state index contributed by atoms with van der Waals surface area (Å²) < 4.78 is 0. The van der Waals surface area contributed by atoms with Gasteiger partial charge in [0, 0.05) is 13.1 Å². The van der Waals surface area contributed by atoms with Gasteiger partial charge in [-0.2, -0.15) is 5.26 Å². The van der Waals surface area contributed by atoms with Crippen LogP contribution in [0.1, 0.15) is 58.8 Å². The molecule has 1 amide bonds. The molecule has 2 aliphatic rings. The average Bonchev–Trinajstić information content (AvgIpc) is 3.06. The summed E-state index contributed by atoms with van der Waals surface area (Å²) in [6.45, 7) is 6.15. The van der Waals surface area contributed by atoms with Crippen molar-refractivity contribution in [2.75, 3.05) is 13.1 Å². The first-order valence-corrected chi connectivity index (χ1v) is 8.09. The van der Waals surface area contributed by atoms with Crippen LogP contribution in [0.4, 0.5) is 0 Å². The second-order valence-corrected chi connectivity index (χ2v) is 6.46. The lowest BCUT2D eigenvalue weighted by Gasteiger charge is -2.28. The maximum absolute atomic E-state index is 12.6. The maximum atomic E-state index is 12.6. The van der Waals surface area contributed by atoms with E-state index in [1.807, 2.05) is 0 Å². The first-order chi connectivity index (χ1) is 9.65. The molecule has 20 heavy (non-hydrogen) atoms. The van der Waals surface area contributed by atoms with Gasteiger partial charge < -0.3 is 10.2 Å². The smallest absolute Gasteiger partial charge is 0.240 e. The van der Waals surface area contributed by atoms with Crippen molar-refractivity contribution in [1.82, 2.24) is 10.2 Å². The lowest BCUT2D eigenvalue weighted by atomic mass is 9.77. The highest BCUT2D eigenvalue weighted by Crippen LogP contribution is 2.39. The Morgan fingerprint density at radius 2 is 2.10 bits per heavy atom. The van der Waals surface area contributed by atoms with Gasteiger partial charge in [0.15, 0.2) is 0 Å². The molecule has 0 aromatic carbocycles. The van der Waals surface area contributed by atoms with Crippen molar-refractivity contribution in [2.24, 2.45) is 5.41 Å². The third kappa shape index (κ3) is 2.98. The molecule has 0 radical (unpaired) electrons. The van der Waals surface area contributed by atoms with Crippen molar-refractivity contribution in [3.05, 3.63) is 0 Å². The normalized spacial score (nSPS) is 28.6. The summed E-state index contributed by atoms with van der Waals surface area (Å²) in [4.78, 5) is 14.4. The minimum Gasteiger partial charge on any atom is -0.325 e. The van der Waals surface area contributed by atoms with Gasteiger partial charge in [0.1, 0.15) is 6.04 Å². The first-order valence-electron chi connectivity index (χ1n) is 8.09. The number of carbonyl (C=O) groups is 1. The molecule has 0 aliphatic carbocycles. The number of hydrogen-bond donors (Lipinski definition) is 1. The molecule has 2 heterocycles. The van der Waals surface area contributed by atoms with E-state index in [0.29, 0.717) is 5.41 Å². The molecule has 0 unspecified atom stereocenters. The summed E-state index contributed by atoms with van der Waals surface area (Å²) in [6.07, 6.45) is 7.48. The Labute approximate surface area is 122 Å². The van der Waals surface area contributed by atoms with Gasteiger partial charge in [-0.1, -0.05) is 26.7 Å². The first kappa shape index (κ1) is 15.3.